The summed E-state index contributed by atoms with van der Waals surface area (Å²) in [4.78, 5) is 6.49. The number of anilines is 1. The van der Waals surface area contributed by atoms with Gasteiger partial charge in [0.1, 0.15) is 0 Å². The fourth-order valence-corrected chi connectivity index (χ4v) is 3.30. The SMILES string of the molecule is Cc1ccc2nc(N3CCC(F)(F)CC3)sc2c1. The van der Waals surface area contributed by atoms with Crippen molar-refractivity contribution in [3.8, 4) is 0 Å². The van der Waals surface area contributed by atoms with E-state index in [1.807, 2.05) is 24.0 Å². The minimum atomic E-state index is -2.50. The number of nitrogens with zero attached hydrogens (tertiary/aromatic N) is 2. The Hall–Kier alpha value is -1.23. The lowest BCUT2D eigenvalue weighted by atomic mass is 10.1. The molecule has 2 nitrogen and oxygen atoms in total. The van der Waals surface area contributed by atoms with Gasteiger partial charge in [-0.05, 0) is 24.6 Å². The number of aryl methyl sites for hydroxylation is 1. The number of halogens is 2. The van der Waals surface area contributed by atoms with E-state index in [0.717, 1.165) is 15.3 Å². The number of rotatable bonds is 1. The number of benzene rings is 1. The van der Waals surface area contributed by atoms with Crippen LogP contribution in [0, 0.1) is 6.92 Å². The lowest BCUT2D eigenvalue weighted by molar-refractivity contribution is -0.0220. The molecule has 1 fully saturated rings. The summed E-state index contributed by atoms with van der Waals surface area (Å²) in [5.41, 5.74) is 2.15. The molecule has 2 aromatic rings. The van der Waals surface area contributed by atoms with Gasteiger partial charge in [0.15, 0.2) is 5.13 Å². The summed E-state index contributed by atoms with van der Waals surface area (Å²) in [6.07, 6.45) is -0.135. The van der Waals surface area contributed by atoms with Crippen LogP contribution in [-0.2, 0) is 0 Å². The molecule has 18 heavy (non-hydrogen) atoms. The second kappa shape index (κ2) is 4.16. The van der Waals surface area contributed by atoms with Crippen LogP contribution in [0.3, 0.4) is 0 Å². The Balaban J connectivity index is 1.87. The molecule has 1 aliphatic heterocycles. The molecule has 5 heteroatoms. The lowest BCUT2D eigenvalue weighted by Crippen LogP contribution is -2.39. The van der Waals surface area contributed by atoms with Crippen molar-refractivity contribution in [2.24, 2.45) is 0 Å². The van der Waals surface area contributed by atoms with Gasteiger partial charge in [0.25, 0.3) is 5.92 Å². The number of thiazole rings is 1. The summed E-state index contributed by atoms with van der Waals surface area (Å²) in [5, 5.41) is 0.867. The van der Waals surface area contributed by atoms with E-state index in [1.54, 1.807) is 11.3 Å². The van der Waals surface area contributed by atoms with Crippen molar-refractivity contribution in [1.29, 1.82) is 0 Å². The number of alkyl halides is 2. The summed E-state index contributed by atoms with van der Waals surface area (Å²) in [5.74, 6) is -2.50. The molecule has 0 N–H and O–H groups in total. The van der Waals surface area contributed by atoms with Crippen LogP contribution in [0.15, 0.2) is 18.2 Å². The molecule has 0 aliphatic carbocycles. The Morgan fingerprint density at radius 2 is 2.00 bits per heavy atom. The van der Waals surface area contributed by atoms with Crippen molar-refractivity contribution >= 4 is 26.7 Å². The average molecular weight is 268 g/mol. The van der Waals surface area contributed by atoms with E-state index in [2.05, 4.69) is 11.1 Å². The van der Waals surface area contributed by atoms with E-state index >= 15 is 0 Å². The van der Waals surface area contributed by atoms with E-state index in [1.165, 1.54) is 5.56 Å². The van der Waals surface area contributed by atoms with Gasteiger partial charge in [0, 0.05) is 25.9 Å². The number of piperidine rings is 1. The second-order valence-electron chi connectivity index (χ2n) is 4.81. The molecule has 1 aromatic heterocycles. The van der Waals surface area contributed by atoms with Gasteiger partial charge in [0.05, 0.1) is 10.2 Å². The highest BCUT2D eigenvalue weighted by molar-refractivity contribution is 7.22. The summed E-state index contributed by atoms with van der Waals surface area (Å²) in [6, 6.07) is 6.11. The van der Waals surface area contributed by atoms with Gasteiger partial charge in [-0.25, -0.2) is 13.8 Å². The van der Waals surface area contributed by atoms with Gasteiger partial charge in [-0.3, -0.25) is 0 Å². The third kappa shape index (κ3) is 2.19. The van der Waals surface area contributed by atoms with Crippen molar-refractivity contribution < 1.29 is 8.78 Å². The highest BCUT2D eigenvalue weighted by atomic mass is 32.1. The Morgan fingerprint density at radius 3 is 2.72 bits per heavy atom. The normalized spacial score (nSPS) is 19.4. The van der Waals surface area contributed by atoms with E-state index < -0.39 is 5.92 Å². The van der Waals surface area contributed by atoms with Crippen LogP contribution in [0.4, 0.5) is 13.9 Å². The van der Waals surface area contributed by atoms with Gasteiger partial charge >= 0.3 is 0 Å². The van der Waals surface area contributed by atoms with Crippen LogP contribution in [-0.4, -0.2) is 24.0 Å². The molecule has 0 saturated carbocycles. The van der Waals surface area contributed by atoms with Gasteiger partial charge in [-0.15, -0.1) is 0 Å². The van der Waals surface area contributed by atoms with E-state index in [9.17, 15) is 8.78 Å². The molecular formula is C13H14F2N2S. The molecule has 0 atom stereocenters. The first-order valence-corrected chi connectivity index (χ1v) is 6.85. The van der Waals surface area contributed by atoms with Crippen molar-refractivity contribution in [3.63, 3.8) is 0 Å². The highest BCUT2D eigenvalue weighted by Crippen LogP contribution is 2.34. The van der Waals surface area contributed by atoms with Crippen LogP contribution >= 0.6 is 11.3 Å². The number of aromatic nitrogens is 1. The zero-order valence-electron chi connectivity index (χ0n) is 10.1. The molecule has 0 bridgehead atoms. The molecule has 2 heterocycles. The quantitative estimate of drug-likeness (QED) is 0.781. The Kier molecular flexibility index (Phi) is 2.73. The van der Waals surface area contributed by atoms with Crippen molar-refractivity contribution in [3.05, 3.63) is 23.8 Å². The van der Waals surface area contributed by atoms with Gasteiger partial charge < -0.3 is 4.90 Å². The van der Waals surface area contributed by atoms with Crippen LogP contribution in [0.2, 0.25) is 0 Å². The predicted molar refractivity (Wildman–Crippen MR) is 70.8 cm³/mol. The maximum atomic E-state index is 13.1. The van der Waals surface area contributed by atoms with Crippen molar-refractivity contribution in [2.45, 2.75) is 25.7 Å². The molecular weight excluding hydrogens is 254 g/mol. The molecule has 1 aromatic carbocycles. The maximum Gasteiger partial charge on any atom is 0.251 e. The number of hydrogen-bond acceptors (Lipinski definition) is 3. The minimum Gasteiger partial charge on any atom is -0.348 e. The standard InChI is InChI=1S/C13H14F2N2S/c1-9-2-3-10-11(8-9)18-12(16-10)17-6-4-13(14,15)5-7-17/h2-3,8H,4-7H2,1H3. The molecule has 1 saturated heterocycles. The zero-order chi connectivity index (χ0) is 12.8. The first-order valence-electron chi connectivity index (χ1n) is 6.03. The molecule has 96 valence electrons. The maximum absolute atomic E-state index is 13.1. The molecule has 0 spiro atoms. The third-order valence-corrected chi connectivity index (χ3v) is 4.38. The third-order valence-electron chi connectivity index (χ3n) is 3.30. The van der Waals surface area contributed by atoms with E-state index in [0.29, 0.717) is 13.1 Å². The average Bonchev–Trinajstić information content (AvgIpc) is 2.71. The molecule has 0 amide bonds. The highest BCUT2D eigenvalue weighted by Gasteiger charge is 2.34. The van der Waals surface area contributed by atoms with E-state index in [-0.39, 0.29) is 12.8 Å². The topological polar surface area (TPSA) is 16.1 Å². The number of fused-ring (bicyclic) bond motifs is 1. The van der Waals surface area contributed by atoms with Crippen molar-refractivity contribution in [2.75, 3.05) is 18.0 Å². The summed E-state index contributed by atoms with van der Waals surface area (Å²) < 4.78 is 27.3. The lowest BCUT2D eigenvalue weighted by Gasteiger charge is -2.31. The number of hydrogen-bond donors (Lipinski definition) is 0. The smallest absolute Gasteiger partial charge is 0.251 e. The Labute approximate surface area is 108 Å². The molecule has 0 radical (unpaired) electrons. The zero-order valence-corrected chi connectivity index (χ0v) is 10.9. The fourth-order valence-electron chi connectivity index (χ4n) is 2.18. The largest absolute Gasteiger partial charge is 0.348 e. The fraction of sp³-hybridized carbons (Fsp3) is 0.462. The van der Waals surface area contributed by atoms with Crippen LogP contribution in [0.25, 0.3) is 10.2 Å². The Morgan fingerprint density at radius 1 is 1.28 bits per heavy atom. The molecule has 3 rings (SSSR count). The van der Waals surface area contributed by atoms with Gasteiger partial charge in [0.2, 0.25) is 0 Å². The molecule has 0 unspecified atom stereocenters. The first-order chi connectivity index (χ1) is 8.53. The van der Waals surface area contributed by atoms with Gasteiger partial charge in [-0.1, -0.05) is 17.4 Å². The Bertz CT molecular complexity index is 569. The van der Waals surface area contributed by atoms with E-state index in [4.69, 9.17) is 0 Å². The van der Waals surface area contributed by atoms with Crippen LogP contribution in [0.5, 0.6) is 0 Å². The summed E-state index contributed by atoms with van der Waals surface area (Å²) in [7, 11) is 0. The van der Waals surface area contributed by atoms with Crippen LogP contribution in [0.1, 0.15) is 18.4 Å². The molecule has 1 aliphatic rings. The minimum absolute atomic E-state index is 0.0675. The van der Waals surface area contributed by atoms with Gasteiger partial charge in [-0.2, -0.15) is 0 Å². The van der Waals surface area contributed by atoms with Crippen LogP contribution < -0.4 is 4.90 Å². The van der Waals surface area contributed by atoms with Crippen molar-refractivity contribution in [1.82, 2.24) is 4.98 Å². The monoisotopic (exact) mass is 268 g/mol. The first kappa shape index (κ1) is 11.8. The summed E-state index contributed by atoms with van der Waals surface area (Å²) >= 11 is 1.59. The second-order valence-corrected chi connectivity index (χ2v) is 5.82. The predicted octanol–water partition coefficient (Wildman–Crippen LogP) is 3.84. The summed E-state index contributed by atoms with van der Waals surface area (Å²) in [6.45, 7) is 2.83.